The van der Waals surface area contributed by atoms with E-state index in [1.807, 2.05) is 0 Å². The second-order valence-corrected chi connectivity index (χ2v) is 15.7. The summed E-state index contributed by atoms with van der Waals surface area (Å²) in [5.74, 6) is -3.52. The number of benzene rings is 2. The molecule has 3 aliphatic rings. The molecule has 0 spiro atoms. The molecule has 4 heterocycles. The fraction of sp³-hybridized carbons (Fsp3) is 0.476. The fourth-order valence-electron chi connectivity index (χ4n) is 7.16. The molecule has 0 bridgehead atoms. The number of rotatable bonds is 24. The van der Waals surface area contributed by atoms with Crippen LogP contribution in [0, 0.1) is 0 Å². The summed E-state index contributed by atoms with van der Waals surface area (Å²) in [6.45, 7) is 4.73. The molecule has 3 aliphatic heterocycles. The highest BCUT2D eigenvalue weighted by molar-refractivity contribution is 6.40. The van der Waals surface area contributed by atoms with Crippen molar-refractivity contribution in [2.24, 2.45) is 0 Å². The number of piperidine rings is 2. The molecule has 2 fully saturated rings. The highest BCUT2D eigenvalue weighted by Gasteiger charge is 2.45. The van der Waals surface area contributed by atoms with Crippen LogP contribution >= 0.6 is 23.2 Å². The van der Waals surface area contributed by atoms with E-state index < -0.39 is 41.5 Å². The molecule has 2 saturated heterocycles. The Hall–Kier alpha value is -5.48. The normalized spacial score (nSPS) is 16.4. The number of nitrogens with zero attached hydrogens (tertiary/aromatic N) is 3. The van der Waals surface area contributed by atoms with Gasteiger partial charge >= 0.3 is 0 Å². The minimum absolute atomic E-state index is 0.0248. The first-order chi connectivity index (χ1) is 31.0. The molecule has 1 unspecified atom stereocenters. The van der Waals surface area contributed by atoms with Crippen molar-refractivity contribution < 1.29 is 52.5 Å². The van der Waals surface area contributed by atoms with Gasteiger partial charge in [-0.1, -0.05) is 35.3 Å². The lowest BCUT2D eigenvalue weighted by Crippen LogP contribution is -2.54. The summed E-state index contributed by atoms with van der Waals surface area (Å²) in [5, 5.41) is 21.8. The van der Waals surface area contributed by atoms with Gasteiger partial charge in [0.15, 0.2) is 5.69 Å². The standard InChI is InChI=1S/C42H51Cl2N9O11/c43-28-4-2-5-29(44)36(28)39(57)49-31-25-52(51-37(31)40(58)48-26-9-12-45-13-10-26)16-14-47-33(54)11-17-61-19-21-63-23-24-64-22-20-62-18-15-46-30-6-1-3-27-35(30)42(60)53(41(27)59)32-7-8-34(55)50-38(32)56/h1-6,25-26,32,45-46H,7-24H2,(H,47,54)(H,48,58)(H,49,57)(H,50,55,56). The third-order valence-electron chi connectivity index (χ3n) is 10.4. The monoisotopic (exact) mass is 927 g/mol. The molecule has 22 heteroatoms. The number of hydrogen-bond donors (Lipinski definition) is 6. The number of ether oxygens (including phenoxy) is 4. The third kappa shape index (κ3) is 13.1. The SMILES string of the molecule is O=C(CCOCCOCCOCCOCCNc1cccc2c1C(=O)N(C1CCC(=O)NC1=O)C2=O)NCCn1cc(NC(=O)c2c(Cl)cccc2Cl)c(C(=O)NC2CCNCC2)n1. The molecule has 0 saturated carbocycles. The van der Waals surface area contributed by atoms with Gasteiger partial charge in [0.05, 0.1) is 91.8 Å². The molecular weight excluding hydrogens is 877 g/mol. The Morgan fingerprint density at radius 3 is 2.11 bits per heavy atom. The maximum absolute atomic E-state index is 13.3. The van der Waals surface area contributed by atoms with Crippen LogP contribution in [-0.4, -0.2) is 147 Å². The number of hydrogen-bond acceptors (Lipinski definition) is 14. The quantitative estimate of drug-likeness (QED) is 0.0556. The van der Waals surface area contributed by atoms with Gasteiger partial charge in [0.1, 0.15) is 6.04 Å². The molecule has 6 N–H and O–H groups in total. The van der Waals surface area contributed by atoms with Crippen LogP contribution in [0.3, 0.4) is 0 Å². The number of nitrogens with one attached hydrogen (secondary N) is 6. The van der Waals surface area contributed by atoms with Crippen molar-refractivity contribution in [3.8, 4) is 0 Å². The van der Waals surface area contributed by atoms with Crippen LogP contribution in [0.4, 0.5) is 11.4 Å². The van der Waals surface area contributed by atoms with Crippen molar-refractivity contribution in [3.63, 3.8) is 0 Å². The number of fused-ring (bicyclic) bond motifs is 1. The van der Waals surface area contributed by atoms with Crippen LogP contribution in [0.2, 0.25) is 10.0 Å². The molecule has 0 radical (unpaired) electrons. The van der Waals surface area contributed by atoms with Crippen molar-refractivity contribution in [3.05, 3.63) is 75.0 Å². The van der Waals surface area contributed by atoms with E-state index in [1.54, 1.807) is 30.3 Å². The van der Waals surface area contributed by atoms with Gasteiger partial charge in [-0.3, -0.25) is 48.5 Å². The zero-order valence-electron chi connectivity index (χ0n) is 35.0. The summed E-state index contributed by atoms with van der Waals surface area (Å²) in [6, 6.07) is 8.49. The van der Waals surface area contributed by atoms with E-state index in [-0.39, 0.29) is 95.6 Å². The number of imide groups is 2. The van der Waals surface area contributed by atoms with E-state index in [4.69, 9.17) is 42.1 Å². The van der Waals surface area contributed by atoms with Crippen molar-refractivity contribution in [1.82, 2.24) is 35.9 Å². The Labute approximate surface area is 378 Å². The summed E-state index contributed by atoms with van der Waals surface area (Å²) in [4.78, 5) is 89.9. The maximum Gasteiger partial charge on any atom is 0.274 e. The second kappa shape index (κ2) is 24.0. The zero-order chi connectivity index (χ0) is 45.4. The predicted octanol–water partition coefficient (Wildman–Crippen LogP) is 2.01. The molecule has 64 heavy (non-hydrogen) atoms. The zero-order valence-corrected chi connectivity index (χ0v) is 36.5. The molecule has 344 valence electrons. The molecule has 1 aromatic heterocycles. The molecule has 0 aliphatic carbocycles. The van der Waals surface area contributed by atoms with Crippen LogP contribution in [0.1, 0.15) is 73.7 Å². The molecule has 1 atom stereocenters. The van der Waals surface area contributed by atoms with Crippen molar-refractivity contribution in [2.45, 2.75) is 50.7 Å². The molecule has 2 aromatic carbocycles. The lowest BCUT2D eigenvalue weighted by atomic mass is 10.0. The molecule has 20 nitrogen and oxygen atoms in total. The Bertz CT molecular complexity index is 2160. The molecular formula is C42H51Cl2N9O11. The molecule has 3 aromatic rings. The number of halogens is 2. The summed E-state index contributed by atoms with van der Waals surface area (Å²) in [5.41, 5.74) is 1.10. The Morgan fingerprint density at radius 2 is 1.42 bits per heavy atom. The van der Waals surface area contributed by atoms with Gasteiger partial charge in [-0.05, 0) is 56.6 Å². The van der Waals surface area contributed by atoms with E-state index >= 15 is 0 Å². The smallest absolute Gasteiger partial charge is 0.274 e. The first-order valence-electron chi connectivity index (χ1n) is 21.0. The predicted molar refractivity (Wildman–Crippen MR) is 233 cm³/mol. The number of carbonyl (C=O) groups is 7. The van der Waals surface area contributed by atoms with Gasteiger partial charge in [-0.25, -0.2) is 0 Å². The summed E-state index contributed by atoms with van der Waals surface area (Å²) < 4.78 is 23.6. The van der Waals surface area contributed by atoms with Crippen LogP contribution in [0.15, 0.2) is 42.6 Å². The highest BCUT2D eigenvalue weighted by Crippen LogP contribution is 2.32. The van der Waals surface area contributed by atoms with Gasteiger partial charge in [0, 0.05) is 43.9 Å². The van der Waals surface area contributed by atoms with Crippen LogP contribution in [0.25, 0.3) is 0 Å². The minimum atomic E-state index is -1.04. The van der Waals surface area contributed by atoms with Gasteiger partial charge in [0.25, 0.3) is 23.6 Å². The van der Waals surface area contributed by atoms with E-state index in [0.717, 1.165) is 30.8 Å². The number of anilines is 2. The Kier molecular flexibility index (Phi) is 18.0. The van der Waals surface area contributed by atoms with E-state index in [0.29, 0.717) is 51.9 Å². The van der Waals surface area contributed by atoms with Crippen molar-refractivity contribution >= 4 is 75.9 Å². The molecule has 6 rings (SSSR count). The van der Waals surface area contributed by atoms with Gasteiger partial charge in [-0.15, -0.1) is 0 Å². The second-order valence-electron chi connectivity index (χ2n) is 14.9. The minimum Gasteiger partial charge on any atom is -0.382 e. The van der Waals surface area contributed by atoms with Gasteiger partial charge in [0.2, 0.25) is 17.7 Å². The average molecular weight is 929 g/mol. The number of aromatic nitrogens is 2. The summed E-state index contributed by atoms with van der Waals surface area (Å²) in [6.07, 6.45) is 3.29. The lowest BCUT2D eigenvalue weighted by molar-refractivity contribution is -0.136. The van der Waals surface area contributed by atoms with Crippen LogP contribution in [-0.2, 0) is 39.9 Å². The largest absolute Gasteiger partial charge is 0.382 e. The summed E-state index contributed by atoms with van der Waals surface area (Å²) in [7, 11) is 0. The Balaban J connectivity index is 0.793. The lowest BCUT2D eigenvalue weighted by Gasteiger charge is -2.27. The fourth-order valence-corrected chi connectivity index (χ4v) is 7.73. The maximum atomic E-state index is 13.3. The van der Waals surface area contributed by atoms with E-state index in [2.05, 4.69) is 37.0 Å². The third-order valence-corrected chi connectivity index (χ3v) is 11.0. The van der Waals surface area contributed by atoms with Crippen LogP contribution in [0.5, 0.6) is 0 Å². The highest BCUT2D eigenvalue weighted by atomic mass is 35.5. The average Bonchev–Trinajstić information content (AvgIpc) is 3.79. The van der Waals surface area contributed by atoms with E-state index in [1.165, 1.54) is 16.9 Å². The number of carbonyl (C=O) groups excluding carboxylic acids is 7. The Morgan fingerprint density at radius 1 is 0.766 bits per heavy atom. The first-order valence-corrected chi connectivity index (χ1v) is 21.8. The van der Waals surface area contributed by atoms with E-state index in [9.17, 15) is 33.6 Å². The topological polar surface area (TPSA) is 250 Å². The van der Waals surface area contributed by atoms with Crippen molar-refractivity contribution in [2.75, 3.05) is 89.7 Å². The number of amides is 7. The summed E-state index contributed by atoms with van der Waals surface area (Å²) >= 11 is 12.5. The van der Waals surface area contributed by atoms with Crippen molar-refractivity contribution in [1.29, 1.82) is 0 Å². The molecule has 7 amide bonds. The van der Waals surface area contributed by atoms with Gasteiger partial charge in [-0.2, -0.15) is 5.10 Å². The first kappa shape index (κ1) is 48.0. The van der Waals surface area contributed by atoms with Crippen LogP contribution < -0.4 is 31.9 Å². The van der Waals surface area contributed by atoms with Gasteiger partial charge < -0.3 is 45.5 Å².